The van der Waals surface area contributed by atoms with E-state index in [1.807, 2.05) is 13.0 Å². The van der Waals surface area contributed by atoms with Crippen molar-refractivity contribution in [3.05, 3.63) is 18.1 Å². The van der Waals surface area contributed by atoms with E-state index in [4.69, 9.17) is 0 Å². The molecule has 0 aliphatic carbocycles. The fourth-order valence-corrected chi connectivity index (χ4v) is 2.38. The van der Waals surface area contributed by atoms with Crippen molar-refractivity contribution in [2.45, 2.75) is 39.2 Å². The molecule has 1 unspecified atom stereocenters. The number of nitrogens with zero attached hydrogens (tertiary/aromatic N) is 3. The second kappa shape index (κ2) is 5.80. The van der Waals surface area contributed by atoms with Crippen molar-refractivity contribution >= 4 is 11.7 Å². The number of aryl methyl sites for hydroxylation is 1. The Balaban J connectivity index is 2.09. The van der Waals surface area contributed by atoms with E-state index in [1.54, 1.807) is 13.1 Å². The van der Waals surface area contributed by atoms with E-state index < -0.39 is 0 Å². The summed E-state index contributed by atoms with van der Waals surface area (Å²) < 4.78 is 0. The van der Waals surface area contributed by atoms with Gasteiger partial charge in [0.05, 0.1) is 0 Å². The fourth-order valence-electron chi connectivity index (χ4n) is 2.38. The van der Waals surface area contributed by atoms with Gasteiger partial charge in [-0.15, -0.1) is 0 Å². The standard InChI is InChI=1S/C13H20N4O/c1-10-14-7-6-13(16-10)17-8-4-3-5-12(17)9-15-11(2)18/h6-7,12H,3-5,8-9H2,1-2H3,(H,15,18). The number of carbonyl (C=O) groups is 1. The normalized spacial score (nSPS) is 19.7. The van der Waals surface area contributed by atoms with Crippen molar-refractivity contribution in [1.82, 2.24) is 15.3 Å². The van der Waals surface area contributed by atoms with Gasteiger partial charge in [-0.25, -0.2) is 9.97 Å². The van der Waals surface area contributed by atoms with E-state index in [9.17, 15) is 4.79 Å². The van der Waals surface area contributed by atoms with Crippen molar-refractivity contribution in [2.24, 2.45) is 0 Å². The zero-order valence-corrected chi connectivity index (χ0v) is 11.0. The molecule has 1 aromatic rings. The van der Waals surface area contributed by atoms with Crippen LogP contribution in [0.15, 0.2) is 12.3 Å². The van der Waals surface area contributed by atoms with E-state index in [0.717, 1.165) is 24.6 Å². The first-order valence-corrected chi connectivity index (χ1v) is 6.47. The summed E-state index contributed by atoms with van der Waals surface area (Å²) in [7, 11) is 0. The third-order valence-electron chi connectivity index (χ3n) is 3.27. The van der Waals surface area contributed by atoms with Gasteiger partial charge in [-0.05, 0) is 32.3 Å². The maximum Gasteiger partial charge on any atom is 0.216 e. The molecule has 2 heterocycles. The number of anilines is 1. The number of amides is 1. The number of rotatable bonds is 3. The number of hydrogen-bond acceptors (Lipinski definition) is 4. The Morgan fingerprint density at radius 3 is 3.11 bits per heavy atom. The Kier molecular flexibility index (Phi) is 4.12. The average molecular weight is 248 g/mol. The van der Waals surface area contributed by atoms with Crippen LogP contribution in [0.3, 0.4) is 0 Å². The molecule has 5 nitrogen and oxygen atoms in total. The highest BCUT2D eigenvalue weighted by molar-refractivity contribution is 5.72. The van der Waals surface area contributed by atoms with Crippen molar-refractivity contribution in [3.8, 4) is 0 Å². The molecule has 1 aromatic heterocycles. The number of carbonyl (C=O) groups excluding carboxylic acids is 1. The topological polar surface area (TPSA) is 58.1 Å². The molecular weight excluding hydrogens is 228 g/mol. The summed E-state index contributed by atoms with van der Waals surface area (Å²) in [5.74, 6) is 1.79. The maximum absolute atomic E-state index is 11.0. The Morgan fingerprint density at radius 1 is 1.56 bits per heavy atom. The van der Waals surface area contributed by atoms with E-state index in [2.05, 4.69) is 20.2 Å². The van der Waals surface area contributed by atoms with Crippen molar-refractivity contribution < 1.29 is 4.79 Å². The van der Waals surface area contributed by atoms with Crippen molar-refractivity contribution in [3.63, 3.8) is 0 Å². The van der Waals surface area contributed by atoms with Gasteiger partial charge in [0, 0.05) is 32.3 Å². The molecule has 0 saturated carbocycles. The smallest absolute Gasteiger partial charge is 0.216 e. The van der Waals surface area contributed by atoms with E-state index in [0.29, 0.717) is 12.6 Å². The number of nitrogens with one attached hydrogen (secondary N) is 1. The monoisotopic (exact) mass is 248 g/mol. The lowest BCUT2D eigenvalue weighted by Gasteiger charge is -2.36. The summed E-state index contributed by atoms with van der Waals surface area (Å²) in [5, 5.41) is 2.91. The third kappa shape index (κ3) is 3.18. The second-order valence-electron chi connectivity index (χ2n) is 4.74. The lowest BCUT2D eigenvalue weighted by molar-refractivity contribution is -0.119. The van der Waals surface area contributed by atoms with Crippen LogP contribution in [0.25, 0.3) is 0 Å². The summed E-state index contributed by atoms with van der Waals surface area (Å²) in [6.45, 7) is 5.15. The van der Waals surface area contributed by atoms with Crippen LogP contribution in [0, 0.1) is 6.92 Å². The van der Waals surface area contributed by atoms with Crippen LogP contribution in [-0.2, 0) is 4.79 Å². The summed E-state index contributed by atoms with van der Waals surface area (Å²) >= 11 is 0. The van der Waals surface area contributed by atoms with Crippen LogP contribution < -0.4 is 10.2 Å². The molecule has 1 saturated heterocycles. The van der Waals surface area contributed by atoms with Gasteiger partial charge in [0.2, 0.25) is 5.91 Å². The zero-order valence-electron chi connectivity index (χ0n) is 11.0. The number of piperidine rings is 1. The Morgan fingerprint density at radius 2 is 2.39 bits per heavy atom. The highest BCUT2D eigenvalue weighted by atomic mass is 16.1. The van der Waals surface area contributed by atoms with Crippen LogP contribution in [0.2, 0.25) is 0 Å². The predicted octanol–water partition coefficient (Wildman–Crippen LogP) is 1.28. The lowest BCUT2D eigenvalue weighted by atomic mass is 10.0. The van der Waals surface area contributed by atoms with Gasteiger partial charge < -0.3 is 10.2 Å². The van der Waals surface area contributed by atoms with Gasteiger partial charge in [0.1, 0.15) is 11.6 Å². The van der Waals surface area contributed by atoms with Crippen LogP contribution >= 0.6 is 0 Å². The van der Waals surface area contributed by atoms with Gasteiger partial charge >= 0.3 is 0 Å². The van der Waals surface area contributed by atoms with Gasteiger partial charge in [0.15, 0.2) is 0 Å². The van der Waals surface area contributed by atoms with Crippen molar-refractivity contribution in [1.29, 1.82) is 0 Å². The van der Waals surface area contributed by atoms with Crippen molar-refractivity contribution in [2.75, 3.05) is 18.0 Å². The molecule has 5 heteroatoms. The highest BCUT2D eigenvalue weighted by Gasteiger charge is 2.23. The SMILES string of the molecule is CC(=O)NCC1CCCCN1c1ccnc(C)n1. The minimum atomic E-state index is 0.0272. The fraction of sp³-hybridized carbons (Fsp3) is 0.615. The van der Waals surface area contributed by atoms with Gasteiger partial charge in [-0.1, -0.05) is 0 Å². The molecule has 2 rings (SSSR count). The minimum Gasteiger partial charge on any atom is -0.354 e. The molecule has 18 heavy (non-hydrogen) atoms. The van der Waals surface area contributed by atoms with Crippen LogP contribution in [0.4, 0.5) is 5.82 Å². The van der Waals surface area contributed by atoms with Crippen LogP contribution in [-0.4, -0.2) is 35.0 Å². The molecular formula is C13H20N4O. The van der Waals surface area contributed by atoms with E-state index in [-0.39, 0.29) is 5.91 Å². The minimum absolute atomic E-state index is 0.0272. The highest BCUT2D eigenvalue weighted by Crippen LogP contribution is 2.22. The third-order valence-corrected chi connectivity index (χ3v) is 3.27. The molecule has 0 bridgehead atoms. The summed E-state index contributed by atoms with van der Waals surface area (Å²) in [5.41, 5.74) is 0. The molecule has 1 amide bonds. The van der Waals surface area contributed by atoms with E-state index in [1.165, 1.54) is 12.8 Å². The summed E-state index contributed by atoms with van der Waals surface area (Å²) in [4.78, 5) is 21.9. The molecule has 1 aliphatic heterocycles. The quantitative estimate of drug-likeness (QED) is 0.875. The molecule has 0 spiro atoms. The summed E-state index contributed by atoms with van der Waals surface area (Å²) in [6.07, 6.45) is 5.29. The van der Waals surface area contributed by atoms with Gasteiger partial charge in [-0.2, -0.15) is 0 Å². The molecule has 1 fully saturated rings. The molecule has 1 N–H and O–H groups in total. The van der Waals surface area contributed by atoms with Crippen LogP contribution in [0.5, 0.6) is 0 Å². The molecule has 1 aliphatic rings. The van der Waals surface area contributed by atoms with Gasteiger partial charge in [0.25, 0.3) is 0 Å². The average Bonchev–Trinajstić information content (AvgIpc) is 2.36. The predicted molar refractivity (Wildman–Crippen MR) is 70.4 cm³/mol. The first-order valence-electron chi connectivity index (χ1n) is 6.47. The molecule has 98 valence electrons. The van der Waals surface area contributed by atoms with Crippen LogP contribution in [0.1, 0.15) is 32.0 Å². The number of hydrogen-bond donors (Lipinski definition) is 1. The Bertz CT molecular complexity index is 421. The Labute approximate surface area is 108 Å². The Hall–Kier alpha value is -1.65. The summed E-state index contributed by atoms with van der Waals surface area (Å²) in [6, 6.07) is 2.29. The lowest BCUT2D eigenvalue weighted by Crippen LogP contribution is -2.46. The second-order valence-corrected chi connectivity index (χ2v) is 4.74. The number of aromatic nitrogens is 2. The van der Waals surface area contributed by atoms with E-state index >= 15 is 0 Å². The maximum atomic E-state index is 11.0. The first kappa shape index (κ1) is 12.8. The molecule has 0 radical (unpaired) electrons. The van der Waals surface area contributed by atoms with Gasteiger partial charge in [-0.3, -0.25) is 4.79 Å². The zero-order chi connectivity index (χ0) is 13.0. The molecule has 1 atom stereocenters. The largest absolute Gasteiger partial charge is 0.354 e. The first-order chi connectivity index (χ1) is 8.66. The molecule has 0 aromatic carbocycles.